The van der Waals surface area contributed by atoms with Gasteiger partial charge in [0.25, 0.3) is 0 Å². The molecule has 0 spiro atoms. The van der Waals surface area contributed by atoms with Crippen molar-refractivity contribution in [1.29, 1.82) is 0 Å². The van der Waals surface area contributed by atoms with Crippen molar-refractivity contribution >= 4 is 31.6 Å². The van der Waals surface area contributed by atoms with Crippen molar-refractivity contribution in [2.45, 2.75) is 23.8 Å². The van der Waals surface area contributed by atoms with E-state index < -0.39 is 10.0 Å². The van der Waals surface area contributed by atoms with Gasteiger partial charge in [0.15, 0.2) is 0 Å². The van der Waals surface area contributed by atoms with Crippen LogP contribution in [0.1, 0.15) is 12.8 Å². The molecule has 19 heavy (non-hydrogen) atoms. The third-order valence-electron chi connectivity index (χ3n) is 3.49. The van der Waals surface area contributed by atoms with Gasteiger partial charge in [-0.3, -0.25) is 0 Å². The summed E-state index contributed by atoms with van der Waals surface area (Å²) in [6, 6.07) is 7.64. The van der Waals surface area contributed by atoms with Crippen LogP contribution in [0.2, 0.25) is 0 Å². The minimum absolute atomic E-state index is 0.374. The van der Waals surface area contributed by atoms with E-state index >= 15 is 0 Å². The highest BCUT2D eigenvalue weighted by atomic mass is 79.9. The number of halogens is 1. The van der Waals surface area contributed by atoms with Crippen LogP contribution in [0.25, 0.3) is 0 Å². The van der Waals surface area contributed by atoms with Crippen LogP contribution in [0, 0.1) is 0 Å². The molecule has 6 heteroatoms. The largest absolute Gasteiger partial charge is 0.367 e. The topological polar surface area (TPSA) is 40.6 Å². The molecular weight excluding hydrogens is 328 g/mol. The summed E-state index contributed by atoms with van der Waals surface area (Å²) < 4.78 is 26.1. The molecule has 1 atom stereocenters. The lowest BCUT2D eigenvalue weighted by Gasteiger charge is -2.28. The van der Waals surface area contributed by atoms with E-state index in [9.17, 15) is 8.42 Å². The molecule has 2 rings (SSSR count). The van der Waals surface area contributed by atoms with Gasteiger partial charge < -0.3 is 4.90 Å². The van der Waals surface area contributed by atoms with Gasteiger partial charge in [-0.1, -0.05) is 28.1 Å². The maximum Gasteiger partial charge on any atom is 0.244 e. The maximum atomic E-state index is 12.4. The first-order chi connectivity index (χ1) is 8.98. The minimum Gasteiger partial charge on any atom is -0.367 e. The average Bonchev–Trinajstić information content (AvgIpc) is 2.86. The van der Waals surface area contributed by atoms with E-state index in [2.05, 4.69) is 20.8 Å². The summed E-state index contributed by atoms with van der Waals surface area (Å²) >= 11 is 3.52. The van der Waals surface area contributed by atoms with Gasteiger partial charge in [0.05, 0.1) is 5.69 Å². The SMILES string of the molecule is CN(C)S(=O)(=O)c1ccccc1N1CCCC1CBr. The van der Waals surface area contributed by atoms with Crippen LogP contribution in [-0.2, 0) is 10.0 Å². The molecule has 1 unspecified atom stereocenters. The van der Waals surface area contributed by atoms with Crippen LogP contribution in [0.15, 0.2) is 29.2 Å². The van der Waals surface area contributed by atoms with E-state index in [0.29, 0.717) is 10.9 Å². The fourth-order valence-corrected chi connectivity index (χ4v) is 4.19. The Bertz CT molecular complexity index is 545. The van der Waals surface area contributed by atoms with E-state index in [-0.39, 0.29) is 0 Å². The average molecular weight is 347 g/mol. The zero-order valence-corrected chi connectivity index (χ0v) is 13.6. The quantitative estimate of drug-likeness (QED) is 0.785. The Morgan fingerprint density at radius 1 is 1.37 bits per heavy atom. The van der Waals surface area contributed by atoms with Gasteiger partial charge in [0, 0.05) is 32.0 Å². The number of sulfonamides is 1. The van der Waals surface area contributed by atoms with Gasteiger partial charge in [-0.2, -0.15) is 0 Å². The van der Waals surface area contributed by atoms with Crippen LogP contribution >= 0.6 is 15.9 Å². The van der Waals surface area contributed by atoms with Crippen LogP contribution in [-0.4, -0.2) is 44.7 Å². The predicted molar refractivity (Wildman–Crippen MR) is 81.5 cm³/mol. The summed E-state index contributed by atoms with van der Waals surface area (Å²) in [6.45, 7) is 0.913. The molecule has 1 heterocycles. The van der Waals surface area contributed by atoms with Crippen LogP contribution in [0.5, 0.6) is 0 Å². The third kappa shape index (κ3) is 2.80. The number of benzene rings is 1. The Balaban J connectivity index is 2.48. The van der Waals surface area contributed by atoms with E-state index in [0.717, 1.165) is 30.4 Å². The molecule has 0 aliphatic carbocycles. The second kappa shape index (κ2) is 5.81. The first kappa shape index (κ1) is 14.8. The van der Waals surface area contributed by atoms with Gasteiger partial charge >= 0.3 is 0 Å². The monoisotopic (exact) mass is 346 g/mol. The lowest BCUT2D eigenvalue weighted by molar-refractivity contribution is 0.520. The molecule has 1 aromatic rings. The van der Waals surface area contributed by atoms with Crippen LogP contribution < -0.4 is 4.90 Å². The molecular formula is C13H19BrN2O2S. The molecule has 1 saturated heterocycles. The molecule has 1 aliphatic rings. The van der Waals surface area contributed by atoms with E-state index in [1.165, 1.54) is 4.31 Å². The van der Waals surface area contributed by atoms with Crippen LogP contribution in [0.4, 0.5) is 5.69 Å². The van der Waals surface area contributed by atoms with E-state index in [1.807, 2.05) is 12.1 Å². The number of hydrogen-bond acceptors (Lipinski definition) is 3. The summed E-state index contributed by atoms with van der Waals surface area (Å²) in [5.41, 5.74) is 0.818. The maximum absolute atomic E-state index is 12.4. The highest BCUT2D eigenvalue weighted by Crippen LogP contribution is 2.32. The van der Waals surface area contributed by atoms with Crippen molar-refractivity contribution in [3.63, 3.8) is 0 Å². The van der Waals surface area contributed by atoms with Crippen molar-refractivity contribution in [2.75, 3.05) is 30.9 Å². The Hall–Kier alpha value is -0.590. The third-order valence-corrected chi connectivity index (χ3v) is 6.10. The lowest BCUT2D eigenvalue weighted by atomic mass is 10.2. The highest BCUT2D eigenvalue weighted by Gasteiger charge is 2.29. The Kier molecular flexibility index (Phi) is 4.53. The van der Waals surface area contributed by atoms with Crippen molar-refractivity contribution in [1.82, 2.24) is 4.31 Å². The lowest BCUT2D eigenvalue weighted by Crippen LogP contribution is -2.33. The van der Waals surface area contributed by atoms with E-state index in [4.69, 9.17) is 0 Å². The molecule has 1 aromatic carbocycles. The fourth-order valence-electron chi connectivity index (χ4n) is 2.42. The summed E-state index contributed by atoms with van der Waals surface area (Å²) in [4.78, 5) is 2.60. The molecule has 0 amide bonds. The molecule has 0 radical (unpaired) electrons. The van der Waals surface area contributed by atoms with Gasteiger partial charge in [-0.15, -0.1) is 0 Å². The number of nitrogens with zero attached hydrogens (tertiary/aromatic N) is 2. The molecule has 1 fully saturated rings. The fraction of sp³-hybridized carbons (Fsp3) is 0.538. The standard InChI is InChI=1S/C13H19BrN2O2S/c1-15(2)19(17,18)13-8-4-3-7-12(13)16-9-5-6-11(16)10-14/h3-4,7-8,11H,5-6,9-10H2,1-2H3. The minimum atomic E-state index is -3.40. The zero-order chi connectivity index (χ0) is 14.0. The van der Waals surface area contributed by atoms with Gasteiger partial charge in [0.1, 0.15) is 4.90 Å². The Labute approximate surface area is 123 Å². The highest BCUT2D eigenvalue weighted by molar-refractivity contribution is 9.09. The molecule has 0 bridgehead atoms. The molecule has 1 aliphatic heterocycles. The number of anilines is 1. The summed E-state index contributed by atoms with van der Waals surface area (Å²) in [6.07, 6.45) is 2.20. The van der Waals surface area contributed by atoms with Crippen molar-refractivity contribution in [2.24, 2.45) is 0 Å². The van der Waals surface area contributed by atoms with Gasteiger partial charge in [-0.25, -0.2) is 12.7 Å². The zero-order valence-electron chi connectivity index (χ0n) is 11.2. The van der Waals surface area contributed by atoms with Crippen molar-refractivity contribution in [3.8, 4) is 0 Å². The van der Waals surface area contributed by atoms with Gasteiger partial charge in [-0.05, 0) is 25.0 Å². The number of alkyl halides is 1. The Morgan fingerprint density at radius 3 is 2.68 bits per heavy atom. The first-order valence-electron chi connectivity index (χ1n) is 6.32. The summed E-state index contributed by atoms with van der Waals surface area (Å²) in [5, 5.41) is 0.864. The number of hydrogen-bond donors (Lipinski definition) is 0. The smallest absolute Gasteiger partial charge is 0.244 e. The second-order valence-electron chi connectivity index (χ2n) is 4.90. The predicted octanol–water partition coefficient (Wildman–Crippen LogP) is 2.30. The molecule has 106 valence electrons. The first-order valence-corrected chi connectivity index (χ1v) is 8.89. The van der Waals surface area contributed by atoms with Crippen molar-refractivity contribution in [3.05, 3.63) is 24.3 Å². The molecule has 4 nitrogen and oxygen atoms in total. The molecule has 0 N–H and O–H groups in total. The normalized spacial score (nSPS) is 20.2. The van der Waals surface area contributed by atoms with E-state index in [1.54, 1.807) is 26.2 Å². The van der Waals surface area contributed by atoms with Crippen LogP contribution in [0.3, 0.4) is 0 Å². The number of para-hydroxylation sites is 1. The Morgan fingerprint density at radius 2 is 2.05 bits per heavy atom. The molecule has 0 saturated carbocycles. The van der Waals surface area contributed by atoms with Gasteiger partial charge in [0.2, 0.25) is 10.0 Å². The summed E-state index contributed by atoms with van der Waals surface area (Å²) in [5.74, 6) is 0. The van der Waals surface area contributed by atoms with Crippen molar-refractivity contribution < 1.29 is 8.42 Å². The summed E-state index contributed by atoms with van der Waals surface area (Å²) in [7, 11) is -0.265. The second-order valence-corrected chi connectivity index (χ2v) is 7.67. The molecule has 0 aromatic heterocycles. The number of rotatable bonds is 4.